The van der Waals surface area contributed by atoms with E-state index >= 15 is 0 Å². The number of aryl methyl sites for hydroxylation is 2. The van der Waals surface area contributed by atoms with E-state index in [9.17, 15) is 8.42 Å². The van der Waals surface area contributed by atoms with Crippen molar-refractivity contribution in [2.24, 2.45) is 0 Å². The van der Waals surface area contributed by atoms with Gasteiger partial charge in [-0.1, -0.05) is 54.4 Å². The molecule has 31 heavy (non-hydrogen) atoms. The van der Waals surface area contributed by atoms with Crippen LogP contribution < -0.4 is 0 Å². The normalized spacial score (nSPS) is 18.0. The summed E-state index contributed by atoms with van der Waals surface area (Å²) in [5.41, 5.74) is 4.31. The Morgan fingerprint density at radius 1 is 1.06 bits per heavy atom. The fraction of sp³-hybridized carbons (Fsp3) is 0.391. The van der Waals surface area contributed by atoms with Gasteiger partial charge in [-0.05, 0) is 51.2 Å². The van der Waals surface area contributed by atoms with E-state index in [-0.39, 0.29) is 17.5 Å². The van der Waals surface area contributed by atoms with Crippen molar-refractivity contribution in [3.05, 3.63) is 64.4 Å². The van der Waals surface area contributed by atoms with Gasteiger partial charge in [0, 0.05) is 17.3 Å². The second-order valence-electron chi connectivity index (χ2n) is 8.25. The topological polar surface area (TPSA) is 60.1 Å². The first-order chi connectivity index (χ1) is 14.8. The maximum atomic E-state index is 12.0. The molecule has 0 radical (unpaired) electrons. The lowest BCUT2D eigenvalue weighted by atomic mass is 10.1. The van der Waals surface area contributed by atoms with Crippen molar-refractivity contribution >= 4 is 22.1 Å². The van der Waals surface area contributed by atoms with Crippen LogP contribution in [0.3, 0.4) is 0 Å². The van der Waals surface area contributed by atoms with Crippen LogP contribution in [0.15, 0.2) is 48.5 Å². The van der Waals surface area contributed by atoms with Gasteiger partial charge in [-0.25, -0.2) is 13.1 Å². The summed E-state index contributed by atoms with van der Waals surface area (Å²) in [5, 5.41) is 4.89. The van der Waals surface area contributed by atoms with Crippen LogP contribution >= 0.6 is 12.2 Å². The SMILES string of the molecule is CCN(Cn1nc(-c2ccc(C)cc2)n(-c2ccc(C)cc2)c1=S)[C@H]1CCS(=O)(=O)C1. The Kier molecular flexibility index (Phi) is 6.14. The van der Waals surface area contributed by atoms with E-state index in [1.807, 2.05) is 16.2 Å². The molecule has 1 saturated heterocycles. The molecule has 1 aromatic heterocycles. The van der Waals surface area contributed by atoms with E-state index in [2.05, 4.69) is 67.3 Å². The lowest BCUT2D eigenvalue weighted by Gasteiger charge is -2.26. The lowest BCUT2D eigenvalue weighted by molar-refractivity contribution is 0.164. The molecule has 164 valence electrons. The number of nitrogens with zero attached hydrogens (tertiary/aromatic N) is 4. The summed E-state index contributed by atoms with van der Waals surface area (Å²) in [6, 6.07) is 16.5. The number of benzene rings is 2. The van der Waals surface area contributed by atoms with Gasteiger partial charge in [0.05, 0.1) is 18.2 Å². The zero-order valence-corrected chi connectivity index (χ0v) is 19.8. The summed E-state index contributed by atoms with van der Waals surface area (Å²) >= 11 is 5.86. The molecular formula is C23H28N4O2S2. The van der Waals surface area contributed by atoms with Crippen molar-refractivity contribution < 1.29 is 8.42 Å². The molecule has 1 aliphatic rings. The van der Waals surface area contributed by atoms with Crippen molar-refractivity contribution in [1.29, 1.82) is 0 Å². The number of sulfone groups is 1. The van der Waals surface area contributed by atoms with Crippen molar-refractivity contribution in [3.63, 3.8) is 0 Å². The number of rotatable bonds is 6. The van der Waals surface area contributed by atoms with Crippen LogP contribution in [0.4, 0.5) is 0 Å². The quantitative estimate of drug-likeness (QED) is 0.522. The van der Waals surface area contributed by atoms with E-state index < -0.39 is 9.84 Å². The van der Waals surface area contributed by atoms with Crippen molar-refractivity contribution in [1.82, 2.24) is 19.2 Å². The molecule has 8 heteroatoms. The van der Waals surface area contributed by atoms with Gasteiger partial charge in [-0.3, -0.25) is 9.47 Å². The molecule has 1 atom stereocenters. The minimum Gasteiger partial charge on any atom is -0.281 e. The molecule has 0 spiro atoms. The van der Waals surface area contributed by atoms with Crippen LogP contribution in [-0.2, 0) is 16.5 Å². The van der Waals surface area contributed by atoms with Crippen LogP contribution in [0.2, 0.25) is 0 Å². The molecule has 6 nitrogen and oxygen atoms in total. The number of aromatic nitrogens is 3. The van der Waals surface area contributed by atoms with Gasteiger partial charge < -0.3 is 0 Å². The monoisotopic (exact) mass is 456 g/mol. The average Bonchev–Trinajstić information content (AvgIpc) is 3.26. The highest BCUT2D eigenvalue weighted by Crippen LogP contribution is 2.25. The third kappa shape index (κ3) is 4.66. The Morgan fingerprint density at radius 3 is 2.23 bits per heavy atom. The molecule has 2 heterocycles. The first-order valence-corrected chi connectivity index (χ1v) is 12.8. The molecule has 1 aliphatic heterocycles. The van der Waals surface area contributed by atoms with Gasteiger partial charge in [0.1, 0.15) is 0 Å². The molecule has 1 fully saturated rings. The standard InChI is InChI=1S/C23H28N4O2S2/c1-4-25(21-13-14-31(28,29)15-21)16-26-23(30)27(20-11-7-18(3)8-12-20)22(24-26)19-9-5-17(2)6-10-19/h5-12,21H,4,13-16H2,1-3H3/t21-/m0/s1. The average molecular weight is 457 g/mol. The Balaban J connectivity index is 1.76. The van der Waals surface area contributed by atoms with Crippen molar-refractivity contribution in [2.75, 3.05) is 18.1 Å². The third-order valence-electron chi connectivity index (χ3n) is 5.89. The van der Waals surface area contributed by atoms with Crippen molar-refractivity contribution in [3.8, 4) is 17.1 Å². The van der Waals surface area contributed by atoms with E-state index in [0.29, 0.717) is 17.9 Å². The van der Waals surface area contributed by atoms with Crippen LogP contribution in [0.25, 0.3) is 17.1 Å². The van der Waals surface area contributed by atoms with Crippen LogP contribution in [0.1, 0.15) is 24.5 Å². The highest BCUT2D eigenvalue weighted by atomic mass is 32.2. The predicted octanol–water partition coefficient (Wildman–Crippen LogP) is 4.15. The zero-order valence-electron chi connectivity index (χ0n) is 18.2. The second-order valence-corrected chi connectivity index (χ2v) is 10.8. The first kappa shape index (κ1) is 21.9. The summed E-state index contributed by atoms with van der Waals surface area (Å²) in [5.74, 6) is 1.24. The second kappa shape index (κ2) is 8.68. The van der Waals surface area contributed by atoms with Gasteiger partial charge in [0.15, 0.2) is 15.7 Å². The minimum atomic E-state index is -2.95. The van der Waals surface area contributed by atoms with Crippen LogP contribution in [-0.4, -0.2) is 51.8 Å². The molecular weight excluding hydrogens is 428 g/mol. The van der Waals surface area contributed by atoms with E-state index in [1.54, 1.807) is 0 Å². The van der Waals surface area contributed by atoms with Gasteiger partial charge in [-0.2, -0.15) is 0 Å². The maximum Gasteiger partial charge on any atom is 0.204 e. The van der Waals surface area contributed by atoms with E-state index in [4.69, 9.17) is 17.3 Å². The molecule has 0 unspecified atom stereocenters. The summed E-state index contributed by atoms with van der Waals surface area (Å²) in [4.78, 5) is 2.16. The molecule has 0 amide bonds. The molecule has 4 rings (SSSR count). The Morgan fingerprint density at radius 2 is 1.68 bits per heavy atom. The smallest absolute Gasteiger partial charge is 0.204 e. The highest BCUT2D eigenvalue weighted by molar-refractivity contribution is 7.91. The highest BCUT2D eigenvalue weighted by Gasteiger charge is 2.32. The largest absolute Gasteiger partial charge is 0.281 e. The Hall–Kier alpha value is -2.29. The Bertz CT molecular complexity index is 1230. The Labute approximate surface area is 189 Å². The van der Waals surface area contributed by atoms with Gasteiger partial charge in [0.2, 0.25) is 4.77 Å². The molecule has 0 aliphatic carbocycles. The van der Waals surface area contributed by atoms with Gasteiger partial charge in [-0.15, -0.1) is 5.10 Å². The summed E-state index contributed by atoms with van der Waals surface area (Å²) in [6.07, 6.45) is 0.660. The summed E-state index contributed by atoms with van der Waals surface area (Å²) in [7, 11) is -2.95. The molecule has 0 saturated carbocycles. The van der Waals surface area contributed by atoms with E-state index in [0.717, 1.165) is 23.6 Å². The molecule has 0 bridgehead atoms. The van der Waals surface area contributed by atoms with Gasteiger partial charge >= 0.3 is 0 Å². The minimum absolute atomic E-state index is 0.00393. The fourth-order valence-electron chi connectivity index (χ4n) is 4.03. The zero-order chi connectivity index (χ0) is 22.2. The summed E-state index contributed by atoms with van der Waals surface area (Å²) < 4.78 is 28.4. The fourth-order valence-corrected chi connectivity index (χ4v) is 6.08. The summed E-state index contributed by atoms with van der Waals surface area (Å²) in [6.45, 7) is 7.37. The number of hydrogen-bond acceptors (Lipinski definition) is 5. The van der Waals surface area contributed by atoms with Crippen LogP contribution in [0.5, 0.6) is 0 Å². The lowest BCUT2D eigenvalue weighted by Crippen LogP contribution is -2.37. The molecule has 3 aromatic rings. The maximum absolute atomic E-state index is 12.0. The van der Waals surface area contributed by atoms with Crippen molar-refractivity contribution in [2.45, 2.75) is 39.9 Å². The number of hydrogen-bond donors (Lipinski definition) is 0. The van der Waals surface area contributed by atoms with E-state index in [1.165, 1.54) is 11.1 Å². The first-order valence-electron chi connectivity index (χ1n) is 10.6. The third-order valence-corrected chi connectivity index (χ3v) is 8.03. The van der Waals surface area contributed by atoms with Crippen LogP contribution in [0, 0.1) is 18.6 Å². The molecule has 0 N–H and O–H groups in total. The van der Waals surface area contributed by atoms with Gasteiger partial charge in [0.25, 0.3) is 0 Å². The predicted molar refractivity (Wildman–Crippen MR) is 127 cm³/mol. The molecule has 2 aromatic carbocycles.